The summed E-state index contributed by atoms with van der Waals surface area (Å²) in [4.78, 5) is 24.4. The first-order valence-corrected chi connectivity index (χ1v) is 10.4. The lowest BCUT2D eigenvalue weighted by Crippen LogP contribution is -2.39. The number of aromatic nitrogens is 2. The third-order valence-corrected chi connectivity index (χ3v) is 6.26. The van der Waals surface area contributed by atoms with Gasteiger partial charge in [-0.15, -0.1) is 0 Å². The van der Waals surface area contributed by atoms with E-state index in [1.165, 1.54) is 16.5 Å². The summed E-state index contributed by atoms with van der Waals surface area (Å²) in [7, 11) is 1.66. The van der Waals surface area contributed by atoms with E-state index in [2.05, 4.69) is 45.2 Å². The Hall–Kier alpha value is -2.79. The van der Waals surface area contributed by atoms with Gasteiger partial charge in [-0.05, 0) is 47.6 Å². The Morgan fingerprint density at radius 3 is 2.90 bits per heavy atom. The SMILES string of the molecule is COCc1cc(N2CCC[C@@H](C(=O)c3ccc4c5c(cccc35)CC4)C2)ncn1. The van der Waals surface area contributed by atoms with E-state index in [4.69, 9.17) is 4.74 Å². The van der Waals surface area contributed by atoms with Gasteiger partial charge in [0.1, 0.15) is 12.1 Å². The maximum absolute atomic E-state index is 13.5. The Bertz CT molecular complexity index is 1070. The van der Waals surface area contributed by atoms with Gasteiger partial charge in [0.25, 0.3) is 0 Å². The van der Waals surface area contributed by atoms with Crippen molar-refractivity contribution in [3.8, 4) is 0 Å². The maximum Gasteiger partial charge on any atom is 0.168 e. The Balaban J connectivity index is 1.43. The molecular formula is C24H25N3O2. The molecule has 1 saturated heterocycles. The van der Waals surface area contributed by atoms with Crippen molar-refractivity contribution < 1.29 is 9.53 Å². The number of ketones is 1. The number of ether oxygens (including phenoxy) is 1. The summed E-state index contributed by atoms with van der Waals surface area (Å²) in [6, 6.07) is 12.6. The lowest BCUT2D eigenvalue weighted by atomic mass is 9.87. The molecular weight excluding hydrogens is 362 g/mol. The number of piperidine rings is 1. The fourth-order valence-electron chi connectivity index (χ4n) is 4.87. The molecule has 0 unspecified atom stereocenters. The molecule has 5 heteroatoms. The van der Waals surface area contributed by atoms with Crippen molar-refractivity contribution in [3.05, 3.63) is 65.1 Å². The second-order valence-electron chi connectivity index (χ2n) is 8.06. The zero-order valence-electron chi connectivity index (χ0n) is 16.7. The van der Waals surface area contributed by atoms with Gasteiger partial charge < -0.3 is 9.64 Å². The van der Waals surface area contributed by atoms with E-state index < -0.39 is 0 Å². The number of hydrogen-bond acceptors (Lipinski definition) is 5. The quantitative estimate of drug-likeness (QED) is 0.620. The first kappa shape index (κ1) is 18.3. The molecule has 1 fully saturated rings. The molecule has 2 aromatic carbocycles. The summed E-state index contributed by atoms with van der Waals surface area (Å²) in [5.41, 5.74) is 4.49. The second-order valence-corrected chi connectivity index (χ2v) is 8.06. The summed E-state index contributed by atoms with van der Waals surface area (Å²) in [6.07, 6.45) is 5.66. The zero-order chi connectivity index (χ0) is 19.8. The van der Waals surface area contributed by atoms with Crippen LogP contribution in [0.25, 0.3) is 10.8 Å². The average molecular weight is 387 g/mol. The number of rotatable bonds is 5. The van der Waals surface area contributed by atoms with Crippen LogP contribution in [0.2, 0.25) is 0 Å². The van der Waals surface area contributed by atoms with Crippen molar-refractivity contribution >= 4 is 22.4 Å². The fraction of sp³-hybridized carbons (Fsp3) is 0.375. The molecule has 0 radical (unpaired) electrons. The molecule has 5 rings (SSSR count). The summed E-state index contributed by atoms with van der Waals surface area (Å²) in [6.45, 7) is 2.08. The Morgan fingerprint density at radius 2 is 2.03 bits per heavy atom. The zero-order valence-corrected chi connectivity index (χ0v) is 16.7. The van der Waals surface area contributed by atoms with Crippen LogP contribution in [0.15, 0.2) is 42.7 Å². The number of anilines is 1. The standard InChI is InChI=1S/C24H25N3O2/c1-29-14-19-12-22(26-15-25-19)27-11-3-5-18(13-27)24(28)21-10-9-17-8-7-16-4-2-6-20(21)23(16)17/h2,4,6,9-10,12,15,18H,3,5,7-8,11,13-14H2,1H3/t18-/m1/s1. The van der Waals surface area contributed by atoms with Crippen molar-refractivity contribution in [2.24, 2.45) is 5.92 Å². The van der Waals surface area contributed by atoms with E-state index in [-0.39, 0.29) is 11.7 Å². The molecule has 1 aliphatic carbocycles. The normalized spacial score (nSPS) is 18.4. The maximum atomic E-state index is 13.5. The number of nitrogens with zero attached hydrogens (tertiary/aromatic N) is 3. The number of Topliss-reactive ketones (excluding diaryl/α,β-unsaturated/α-hetero) is 1. The molecule has 148 valence electrons. The smallest absolute Gasteiger partial charge is 0.168 e. The summed E-state index contributed by atoms with van der Waals surface area (Å²) in [5.74, 6) is 1.13. The highest BCUT2D eigenvalue weighted by Gasteiger charge is 2.29. The second kappa shape index (κ2) is 7.56. The molecule has 0 N–H and O–H groups in total. The number of aryl methyl sites for hydroxylation is 2. The highest BCUT2D eigenvalue weighted by Crippen LogP contribution is 2.34. The predicted octanol–water partition coefficient (Wildman–Crippen LogP) is 3.97. The van der Waals surface area contributed by atoms with Crippen molar-refractivity contribution in [3.63, 3.8) is 0 Å². The van der Waals surface area contributed by atoms with Gasteiger partial charge in [0, 0.05) is 37.7 Å². The fourth-order valence-corrected chi connectivity index (χ4v) is 4.87. The van der Waals surface area contributed by atoms with E-state index in [9.17, 15) is 4.79 Å². The van der Waals surface area contributed by atoms with Crippen molar-refractivity contribution in [2.75, 3.05) is 25.1 Å². The minimum Gasteiger partial charge on any atom is -0.378 e. The number of methoxy groups -OCH3 is 1. The lowest BCUT2D eigenvalue weighted by molar-refractivity contribution is 0.0909. The Labute approximate surface area is 170 Å². The first-order chi connectivity index (χ1) is 14.2. The molecule has 1 atom stereocenters. The minimum absolute atomic E-state index is 0.0111. The third kappa shape index (κ3) is 3.29. The molecule has 5 nitrogen and oxygen atoms in total. The number of benzene rings is 2. The van der Waals surface area contributed by atoms with Crippen LogP contribution in [-0.2, 0) is 24.2 Å². The third-order valence-electron chi connectivity index (χ3n) is 6.26. The summed E-state index contributed by atoms with van der Waals surface area (Å²) in [5, 5.41) is 2.44. The van der Waals surface area contributed by atoms with Gasteiger partial charge in [-0.25, -0.2) is 9.97 Å². The predicted molar refractivity (Wildman–Crippen MR) is 113 cm³/mol. The first-order valence-electron chi connectivity index (χ1n) is 10.4. The topological polar surface area (TPSA) is 55.3 Å². The van der Waals surface area contributed by atoms with Gasteiger partial charge in [0.2, 0.25) is 0 Å². The van der Waals surface area contributed by atoms with Crippen LogP contribution in [0.1, 0.15) is 40.0 Å². The molecule has 0 spiro atoms. The Morgan fingerprint density at radius 1 is 1.17 bits per heavy atom. The van der Waals surface area contributed by atoms with Gasteiger partial charge in [-0.3, -0.25) is 4.79 Å². The lowest BCUT2D eigenvalue weighted by Gasteiger charge is -2.33. The van der Waals surface area contributed by atoms with Gasteiger partial charge >= 0.3 is 0 Å². The van der Waals surface area contributed by atoms with Gasteiger partial charge in [-0.2, -0.15) is 0 Å². The van der Waals surface area contributed by atoms with Crippen LogP contribution in [-0.4, -0.2) is 36.0 Å². The highest BCUT2D eigenvalue weighted by atomic mass is 16.5. The molecule has 29 heavy (non-hydrogen) atoms. The van der Waals surface area contributed by atoms with Crippen LogP contribution in [0.4, 0.5) is 5.82 Å². The Kier molecular flexibility index (Phi) is 4.76. The number of carbonyl (C=O) groups is 1. The average Bonchev–Trinajstić information content (AvgIpc) is 3.19. The molecule has 0 amide bonds. The molecule has 2 heterocycles. The van der Waals surface area contributed by atoms with Crippen molar-refractivity contribution in [1.29, 1.82) is 0 Å². The van der Waals surface area contributed by atoms with Crippen molar-refractivity contribution in [1.82, 2.24) is 9.97 Å². The molecule has 0 bridgehead atoms. The van der Waals surface area contributed by atoms with Crippen LogP contribution in [0.5, 0.6) is 0 Å². The highest BCUT2D eigenvalue weighted by molar-refractivity contribution is 6.11. The van der Waals surface area contributed by atoms with E-state index in [1.807, 2.05) is 6.07 Å². The van der Waals surface area contributed by atoms with E-state index in [0.717, 1.165) is 54.7 Å². The number of carbonyl (C=O) groups excluding carboxylic acids is 1. The van der Waals surface area contributed by atoms with Gasteiger partial charge in [0.15, 0.2) is 5.78 Å². The van der Waals surface area contributed by atoms with Gasteiger partial charge in [0.05, 0.1) is 12.3 Å². The number of hydrogen-bond donors (Lipinski definition) is 0. The van der Waals surface area contributed by atoms with Crippen LogP contribution in [0.3, 0.4) is 0 Å². The summed E-state index contributed by atoms with van der Waals surface area (Å²) >= 11 is 0. The van der Waals surface area contributed by atoms with Crippen LogP contribution >= 0.6 is 0 Å². The van der Waals surface area contributed by atoms with Crippen LogP contribution < -0.4 is 4.90 Å². The van der Waals surface area contributed by atoms with Crippen LogP contribution in [0, 0.1) is 5.92 Å². The molecule has 1 aromatic heterocycles. The molecule has 2 aliphatic rings. The molecule has 3 aromatic rings. The largest absolute Gasteiger partial charge is 0.378 e. The van der Waals surface area contributed by atoms with E-state index >= 15 is 0 Å². The van der Waals surface area contributed by atoms with E-state index in [0.29, 0.717) is 13.2 Å². The van der Waals surface area contributed by atoms with Crippen molar-refractivity contribution in [2.45, 2.75) is 32.3 Å². The molecule has 1 aliphatic heterocycles. The van der Waals surface area contributed by atoms with E-state index in [1.54, 1.807) is 13.4 Å². The minimum atomic E-state index is -0.0111. The van der Waals surface area contributed by atoms with Gasteiger partial charge in [-0.1, -0.05) is 30.3 Å². The molecule has 0 saturated carbocycles. The monoisotopic (exact) mass is 387 g/mol. The summed E-state index contributed by atoms with van der Waals surface area (Å²) < 4.78 is 5.19.